The molecule has 1 aliphatic heterocycles. The van der Waals surface area contributed by atoms with Crippen molar-refractivity contribution in [3.63, 3.8) is 0 Å². The average Bonchev–Trinajstić information content (AvgIpc) is 3.13. The summed E-state index contributed by atoms with van der Waals surface area (Å²) in [7, 11) is 0. The smallest absolute Gasteiger partial charge is 0.376 e. The lowest BCUT2D eigenvalue weighted by molar-refractivity contribution is -0.212. The minimum absolute atomic E-state index is 0.0292. The van der Waals surface area contributed by atoms with E-state index in [0.717, 1.165) is 18.5 Å². The molecule has 0 unspecified atom stereocenters. The van der Waals surface area contributed by atoms with Crippen LogP contribution in [0.2, 0.25) is 0 Å². The zero-order chi connectivity index (χ0) is 17.0. The fourth-order valence-corrected chi connectivity index (χ4v) is 2.44. The molecule has 0 bridgehead atoms. The van der Waals surface area contributed by atoms with Gasteiger partial charge in [-0.15, -0.1) is 13.2 Å². The third-order valence-corrected chi connectivity index (χ3v) is 3.49. The molecule has 0 radical (unpaired) electrons. The second-order valence-electron chi connectivity index (χ2n) is 5.03. The standard InChI is InChI=1S/C14H18F3N3O3/c1-3-13(21)19(11-8-22-9-12(11)23-4-2)6-10-5-18-20(7-10)14(15,16)17/h3,5,7,11-12H,1,4,6,8-9H2,2H3/t11-,12-/m1/s1. The maximum absolute atomic E-state index is 12.6. The molecule has 1 aromatic heterocycles. The van der Waals surface area contributed by atoms with E-state index in [4.69, 9.17) is 9.47 Å². The summed E-state index contributed by atoms with van der Waals surface area (Å²) in [6.45, 7) is 6.28. The van der Waals surface area contributed by atoms with Crippen LogP contribution in [0.1, 0.15) is 12.5 Å². The Morgan fingerprint density at radius 3 is 2.91 bits per heavy atom. The first kappa shape index (κ1) is 17.5. The molecule has 1 aromatic rings. The van der Waals surface area contributed by atoms with Gasteiger partial charge >= 0.3 is 6.30 Å². The molecule has 0 aromatic carbocycles. The lowest BCUT2D eigenvalue weighted by Gasteiger charge is -2.30. The molecule has 2 rings (SSSR count). The largest absolute Gasteiger partial charge is 0.504 e. The van der Waals surface area contributed by atoms with Crippen LogP contribution >= 0.6 is 0 Å². The zero-order valence-electron chi connectivity index (χ0n) is 12.6. The third kappa shape index (κ3) is 4.11. The number of hydrogen-bond acceptors (Lipinski definition) is 4. The Bertz CT molecular complexity index is 559. The van der Waals surface area contributed by atoms with E-state index in [-0.39, 0.29) is 35.5 Å². The number of amides is 1. The van der Waals surface area contributed by atoms with Gasteiger partial charge in [0.15, 0.2) is 0 Å². The van der Waals surface area contributed by atoms with Gasteiger partial charge in [-0.2, -0.15) is 9.78 Å². The van der Waals surface area contributed by atoms with Crippen LogP contribution in [-0.4, -0.2) is 52.6 Å². The lowest BCUT2D eigenvalue weighted by atomic mass is 10.1. The highest BCUT2D eigenvalue weighted by molar-refractivity contribution is 5.87. The predicted octanol–water partition coefficient (Wildman–Crippen LogP) is 1.68. The van der Waals surface area contributed by atoms with Crippen molar-refractivity contribution in [1.82, 2.24) is 14.7 Å². The van der Waals surface area contributed by atoms with E-state index in [1.54, 1.807) is 0 Å². The maximum atomic E-state index is 12.6. The van der Waals surface area contributed by atoms with Gasteiger partial charge in [-0.25, -0.2) is 0 Å². The van der Waals surface area contributed by atoms with Crippen molar-refractivity contribution >= 4 is 5.91 Å². The summed E-state index contributed by atoms with van der Waals surface area (Å²) < 4.78 is 48.6. The normalized spacial score (nSPS) is 21.4. The summed E-state index contributed by atoms with van der Waals surface area (Å²) in [5, 5.41) is 3.27. The van der Waals surface area contributed by atoms with Crippen molar-refractivity contribution in [3.05, 3.63) is 30.6 Å². The molecule has 128 valence electrons. The van der Waals surface area contributed by atoms with Gasteiger partial charge in [0.25, 0.3) is 0 Å². The SMILES string of the molecule is C=CC(=O)N(Cc1cnn(C(F)(F)F)c1)[C@@H]1COC[C@H]1OCC. The predicted molar refractivity (Wildman–Crippen MR) is 74.3 cm³/mol. The number of alkyl halides is 3. The van der Waals surface area contributed by atoms with Crippen molar-refractivity contribution in [2.24, 2.45) is 0 Å². The van der Waals surface area contributed by atoms with Gasteiger partial charge in [-0.3, -0.25) is 4.79 Å². The highest BCUT2D eigenvalue weighted by atomic mass is 19.4. The van der Waals surface area contributed by atoms with Gasteiger partial charge in [-0.1, -0.05) is 6.58 Å². The summed E-state index contributed by atoms with van der Waals surface area (Å²) in [4.78, 5) is 13.5. The topological polar surface area (TPSA) is 56.6 Å². The number of carbonyl (C=O) groups excluding carboxylic acids is 1. The maximum Gasteiger partial charge on any atom is 0.504 e. The first-order valence-corrected chi connectivity index (χ1v) is 7.10. The van der Waals surface area contributed by atoms with E-state index in [2.05, 4.69) is 11.7 Å². The third-order valence-electron chi connectivity index (χ3n) is 3.49. The molecule has 0 aliphatic carbocycles. The summed E-state index contributed by atoms with van der Waals surface area (Å²) in [5.74, 6) is -0.398. The summed E-state index contributed by atoms with van der Waals surface area (Å²) in [5.41, 5.74) is 0.264. The van der Waals surface area contributed by atoms with Gasteiger partial charge in [0.05, 0.1) is 25.5 Å². The first-order valence-electron chi connectivity index (χ1n) is 7.10. The Balaban J connectivity index is 2.17. The lowest BCUT2D eigenvalue weighted by Crippen LogP contribution is -2.46. The van der Waals surface area contributed by atoms with Gasteiger partial charge in [0, 0.05) is 24.9 Å². The molecular formula is C14H18F3N3O3. The fourth-order valence-electron chi connectivity index (χ4n) is 2.44. The zero-order valence-corrected chi connectivity index (χ0v) is 12.6. The number of hydrogen-bond donors (Lipinski definition) is 0. The van der Waals surface area contributed by atoms with Crippen molar-refractivity contribution in [3.8, 4) is 0 Å². The van der Waals surface area contributed by atoms with Crippen molar-refractivity contribution < 1.29 is 27.4 Å². The molecule has 1 amide bonds. The van der Waals surface area contributed by atoms with E-state index in [0.29, 0.717) is 13.2 Å². The number of halogens is 3. The second-order valence-corrected chi connectivity index (χ2v) is 5.03. The minimum Gasteiger partial charge on any atom is -0.376 e. The highest BCUT2D eigenvalue weighted by Crippen LogP contribution is 2.23. The van der Waals surface area contributed by atoms with E-state index < -0.39 is 12.2 Å². The van der Waals surface area contributed by atoms with Crippen LogP contribution in [0.25, 0.3) is 0 Å². The second kappa shape index (κ2) is 7.14. The number of ether oxygens (including phenoxy) is 2. The molecule has 0 N–H and O–H groups in total. The highest BCUT2D eigenvalue weighted by Gasteiger charge is 2.36. The van der Waals surface area contributed by atoms with E-state index in [1.165, 1.54) is 4.90 Å². The first-order chi connectivity index (χ1) is 10.9. The number of rotatable bonds is 6. The molecule has 6 nitrogen and oxygen atoms in total. The number of nitrogens with zero attached hydrogens (tertiary/aromatic N) is 3. The molecule has 2 atom stereocenters. The molecule has 2 heterocycles. The molecule has 9 heteroatoms. The van der Waals surface area contributed by atoms with Crippen LogP contribution in [0.3, 0.4) is 0 Å². The minimum atomic E-state index is -4.59. The fraction of sp³-hybridized carbons (Fsp3) is 0.571. The van der Waals surface area contributed by atoms with Gasteiger partial charge in [-0.05, 0) is 13.0 Å². The van der Waals surface area contributed by atoms with Gasteiger partial charge in [0.1, 0.15) is 6.10 Å². The Morgan fingerprint density at radius 2 is 2.35 bits per heavy atom. The molecule has 0 saturated carbocycles. The average molecular weight is 333 g/mol. The Hall–Kier alpha value is -1.87. The molecule has 0 spiro atoms. The van der Waals surface area contributed by atoms with Gasteiger partial charge in [0.2, 0.25) is 5.91 Å². The van der Waals surface area contributed by atoms with Crippen molar-refractivity contribution in [2.45, 2.75) is 31.9 Å². The summed E-state index contributed by atoms with van der Waals surface area (Å²) in [6.07, 6.45) is -1.84. The monoisotopic (exact) mass is 333 g/mol. The van der Waals surface area contributed by atoms with E-state index in [9.17, 15) is 18.0 Å². The van der Waals surface area contributed by atoms with Crippen molar-refractivity contribution in [2.75, 3.05) is 19.8 Å². The van der Waals surface area contributed by atoms with Crippen LogP contribution in [0, 0.1) is 0 Å². The number of aromatic nitrogens is 2. The van der Waals surface area contributed by atoms with Crippen LogP contribution in [0.4, 0.5) is 13.2 Å². The summed E-state index contributed by atoms with van der Waals surface area (Å²) >= 11 is 0. The quantitative estimate of drug-likeness (QED) is 0.743. The molecule has 1 aliphatic rings. The van der Waals surface area contributed by atoms with Crippen LogP contribution < -0.4 is 0 Å². The van der Waals surface area contributed by atoms with Crippen molar-refractivity contribution in [1.29, 1.82) is 0 Å². The molecule has 1 fully saturated rings. The Labute approximate surface area is 131 Å². The van der Waals surface area contributed by atoms with Crippen LogP contribution in [0.15, 0.2) is 25.0 Å². The van der Waals surface area contributed by atoms with E-state index in [1.807, 2.05) is 6.92 Å². The van der Waals surface area contributed by atoms with Crippen LogP contribution in [0.5, 0.6) is 0 Å². The molecule has 1 saturated heterocycles. The Kier molecular flexibility index (Phi) is 5.42. The Morgan fingerprint density at radius 1 is 1.61 bits per heavy atom. The van der Waals surface area contributed by atoms with Gasteiger partial charge < -0.3 is 14.4 Å². The molecular weight excluding hydrogens is 315 g/mol. The van der Waals surface area contributed by atoms with Crippen LogP contribution in [-0.2, 0) is 27.1 Å². The molecule has 23 heavy (non-hydrogen) atoms. The summed E-state index contributed by atoms with van der Waals surface area (Å²) in [6, 6.07) is -0.380. The van der Waals surface area contributed by atoms with E-state index >= 15 is 0 Å². The number of carbonyl (C=O) groups is 1.